The minimum absolute atomic E-state index is 0.225. The molecule has 0 aliphatic rings. The highest BCUT2D eigenvalue weighted by Crippen LogP contribution is 2.41. The minimum atomic E-state index is -0.532. The molecule has 27 heavy (non-hydrogen) atoms. The van der Waals surface area contributed by atoms with Crippen LogP contribution >= 0.6 is 0 Å². The summed E-state index contributed by atoms with van der Waals surface area (Å²) < 4.78 is 6.94. The second kappa shape index (κ2) is 7.45. The summed E-state index contributed by atoms with van der Waals surface area (Å²) in [6.07, 6.45) is 0. The number of nitrogens with one attached hydrogen (secondary N) is 3. The number of nitrogen functional groups attached to an aromatic ring is 1. The smallest absolute Gasteiger partial charge is 0.343 e. The predicted octanol–water partition coefficient (Wildman–Crippen LogP) is 2.58. The van der Waals surface area contributed by atoms with Gasteiger partial charge in [-0.1, -0.05) is 30.3 Å². The van der Waals surface area contributed by atoms with E-state index in [0.29, 0.717) is 29.1 Å². The first-order valence-corrected chi connectivity index (χ1v) is 8.58. The van der Waals surface area contributed by atoms with Gasteiger partial charge in [-0.15, -0.1) is 0 Å². The van der Waals surface area contributed by atoms with Crippen LogP contribution in [-0.2, 0) is 11.3 Å². The van der Waals surface area contributed by atoms with E-state index in [-0.39, 0.29) is 5.56 Å². The predicted molar refractivity (Wildman–Crippen MR) is 110 cm³/mol. The fourth-order valence-electron chi connectivity index (χ4n) is 3.30. The Kier molecular flexibility index (Phi) is 5.07. The fraction of sp³-hybridized carbons (Fsp3) is 0.263. The monoisotopic (exact) mass is 368 g/mol. The Bertz CT molecular complexity index is 981. The summed E-state index contributed by atoms with van der Waals surface area (Å²) in [7, 11) is 6.67. The molecule has 0 atom stereocenters. The Morgan fingerprint density at radius 2 is 1.85 bits per heavy atom. The fourth-order valence-corrected chi connectivity index (χ4v) is 3.30. The van der Waals surface area contributed by atoms with Crippen molar-refractivity contribution in [2.75, 3.05) is 49.9 Å². The van der Waals surface area contributed by atoms with Crippen molar-refractivity contribution in [3.05, 3.63) is 41.5 Å². The average molecular weight is 368 g/mol. The van der Waals surface area contributed by atoms with Crippen molar-refractivity contribution in [1.82, 2.24) is 9.55 Å². The quantitative estimate of drug-likeness (QED) is 0.496. The number of anilines is 4. The number of hydrogen-bond donors (Lipinski definition) is 4. The second-order valence-electron chi connectivity index (χ2n) is 5.98. The molecule has 1 aromatic carbocycles. The summed E-state index contributed by atoms with van der Waals surface area (Å²) >= 11 is 0. The minimum Gasteiger partial charge on any atom is -0.465 e. The number of nitrogens with two attached hydrogens (primary N) is 1. The van der Waals surface area contributed by atoms with Crippen molar-refractivity contribution in [1.29, 1.82) is 0 Å². The van der Waals surface area contributed by atoms with Crippen molar-refractivity contribution in [2.45, 2.75) is 6.54 Å². The van der Waals surface area contributed by atoms with Crippen molar-refractivity contribution in [3.8, 4) is 0 Å². The van der Waals surface area contributed by atoms with Gasteiger partial charge in [0.2, 0.25) is 0 Å². The Hall–Kier alpha value is -3.42. The van der Waals surface area contributed by atoms with Crippen LogP contribution in [0.2, 0.25) is 0 Å². The molecule has 2 aromatic heterocycles. The average Bonchev–Trinajstić information content (AvgIpc) is 3.00. The Balaban J connectivity index is 2.35. The second-order valence-corrected chi connectivity index (χ2v) is 5.98. The molecule has 8 nitrogen and oxygen atoms in total. The third kappa shape index (κ3) is 2.99. The van der Waals surface area contributed by atoms with E-state index in [1.54, 1.807) is 7.05 Å². The number of carbonyl (C=O) groups excluding carboxylic acids is 1. The number of benzene rings is 1. The van der Waals surface area contributed by atoms with Gasteiger partial charge < -0.3 is 31.0 Å². The number of ether oxygens (including phenoxy) is 1. The van der Waals surface area contributed by atoms with Crippen LogP contribution in [0.4, 0.5) is 23.0 Å². The van der Waals surface area contributed by atoms with E-state index < -0.39 is 5.97 Å². The third-order valence-electron chi connectivity index (χ3n) is 4.53. The van der Waals surface area contributed by atoms with Gasteiger partial charge in [0.25, 0.3) is 0 Å². The van der Waals surface area contributed by atoms with Crippen molar-refractivity contribution in [3.63, 3.8) is 0 Å². The van der Waals surface area contributed by atoms with Crippen LogP contribution in [0.25, 0.3) is 11.0 Å². The van der Waals surface area contributed by atoms with Gasteiger partial charge in [-0.05, 0) is 5.56 Å². The molecular weight excluding hydrogens is 344 g/mol. The van der Waals surface area contributed by atoms with Gasteiger partial charge in [-0.25, -0.2) is 9.78 Å². The molecule has 0 saturated carbocycles. The molecule has 0 fully saturated rings. The highest BCUT2D eigenvalue weighted by atomic mass is 16.5. The van der Waals surface area contributed by atoms with Crippen LogP contribution < -0.4 is 21.7 Å². The molecule has 0 spiro atoms. The number of rotatable bonds is 6. The Labute approximate surface area is 157 Å². The SMILES string of the molecule is CNc1nc2c(c(N)c1C(=O)OC)c(NC)c(NC)n2Cc1ccccc1. The lowest BCUT2D eigenvalue weighted by molar-refractivity contribution is 0.0603. The van der Waals surface area contributed by atoms with Crippen molar-refractivity contribution >= 4 is 40.0 Å². The van der Waals surface area contributed by atoms with E-state index in [1.165, 1.54) is 7.11 Å². The maximum Gasteiger partial charge on any atom is 0.343 e. The van der Waals surface area contributed by atoms with Crippen LogP contribution in [0.1, 0.15) is 15.9 Å². The molecular formula is C19H24N6O2. The van der Waals surface area contributed by atoms with Crippen molar-refractivity contribution < 1.29 is 9.53 Å². The molecule has 0 radical (unpaired) electrons. The summed E-state index contributed by atoms with van der Waals surface area (Å²) in [5, 5.41) is 10.0. The molecule has 3 rings (SSSR count). The summed E-state index contributed by atoms with van der Waals surface area (Å²) in [4.78, 5) is 17.0. The Morgan fingerprint density at radius 3 is 2.41 bits per heavy atom. The van der Waals surface area contributed by atoms with Gasteiger partial charge in [0.1, 0.15) is 22.8 Å². The maximum absolute atomic E-state index is 12.3. The normalized spacial score (nSPS) is 10.7. The summed E-state index contributed by atoms with van der Waals surface area (Å²) in [6, 6.07) is 10.1. The maximum atomic E-state index is 12.3. The molecule has 3 aromatic rings. The van der Waals surface area contributed by atoms with Crippen LogP contribution in [0.15, 0.2) is 30.3 Å². The van der Waals surface area contributed by atoms with Gasteiger partial charge in [0.15, 0.2) is 0 Å². The van der Waals surface area contributed by atoms with Gasteiger partial charge in [-0.3, -0.25) is 0 Å². The number of pyridine rings is 1. The Morgan fingerprint density at radius 1 is 1.15 bits per heavy atom. The first-order valence-electron chi connectivity index (χ1n) is 8.58. The summed E-state index contributed by atoms with van der Waals surface area (Å²) in [5.74, 6) is 0.679. The molecule has 2 heterocycles. The van der Waals surface area contributed by atoms with Crippen LogP contribution in [0, 0.1) is 0 Å². The third-order valence-corrected chi connectivity index (χ3v) is 4.53. The summed E-state index contributed by atoms with van der Waals surface area (Å²) in [6.45, 7) is 0.600. The molecule has 0 amide bonds. The number of fused-ring (bicyclic) bond motifs is 1. The zero-order valence-corrected chi connectivity index (χ0v) is 15.9. The molecule has 8 heteroatoms. The largest absolute Gasteiger partial charge is 0.465 e. The number of methoxy groups -OCH3 is 1. The van der Waals surface area contributed by atoms with Gasteiger partial charge in [0.05, 0.1) is 30.4 Å². The first-order chi connectivity index (χ1) is 13.1. The van der Waals surface area contributed by atoms with Gasteiger partial charge in [0, 0.05) is 21.1 Å². The first kappa shape index (κ1) is 18.4. The van der Waals surface area contributed by atoms with E-state index in [9.17, 15) is 4.79 Å². The standard InChI is InChI=1S/C19H24N6O2/c1-21-15-12-14(20)13(19(26)27-4)16(22-2)24-17(12)25(18(15)23-3)10-11-8-6-5-7-9-11/h5-9,21,23H,10H2,1-4H3,(H3,20,22,24). The topological polar surface area (TPSA) is 106 Å². The highest BCUT2D eigenvalue weighted by molar-refractivity contribution is 6.14. The van der Waals surface area contributed by atoms with E-state index in [1.807, 2.05) is 36.9 Å². The summed E-state index contributed by atoms with van der Waals surface area (Å²) in [5.41, 5.74) is 9.53. The zero-order chi connectivity index (χ0) is 19.6. The number of hydrogen-bond acceptors (Lipinski definition) is 7. The molecule has 0 saturated heterocycles. The molecule has 5 N–H and O–H groups in total. The molecule has 0 aliphatic heterocycles. The van der Waals surface area contributed by atoms with Gasteiger partial charge in [-0.2, -0.15) is 0 Å². The van der Waals surface area contributed by atoms with Crippen LogP contribution in [0.5, 0.6) is 0 Å². The molecule has 0 bridgehead atoms. The lowest BCUT2D eigenvalue weighted by Crippen LogP contribution is -2.12. The van der Waals surface area contributed by atoms with E-state index in [4.69, 9.17) is 10.5 Å². The zero-order valence-electron chi connectivity index (χ0n) is 15.9. The molecule has 142 valence electrons. The lowest BCUT2D eigenvalue weighted by atomic mass is 10.1. The highest BCUT2D eigenvalue weighted by Gasteiger charge is 2.26. The number of carbonyl (C=O) groups is 1. The van der Waals surface area contributed by atoms with Crippen molar-refractivity contribution in [2.24, 2.45) is 0 Å². The molecule has 0 aliphatic carbocycles. The van der Waals surface area contributed by atoms with E-state index in [0.717, 1.165) is 17.1 Å². The number of aromatic nitrogens is 2. The van der Waals surface area contributed by atoms with Gasteiger partial charge >= 0.3 is 5.97 Å². The van der Waals surface area contributed by atoms with Crippen LogP contribution in [-0.4, -0.2) is 43.8 Å². The van der Waals surface area contributed by atoms with E-state index in [2.05, 4.69) is 33.1 Å². The number of nitrogens with zero attached hydrogens (tertiary/aromatic N) is 2. The lowest BCUT2D eigenvalue weighted by Gasteiger charge is -2.13. The van der Waals surface area contributed by atoms with E-state index >= 15 is 0 Å². The van der Waals surface area contributed by atoms with Crippen LogP contribution in [0.3, 0.4) is 0 Å². The number of esters is 1. The molecule has 0 unspecified atom stereocenters.